The van der Waals surface area contributed by atoms with Crippen molar-refractivity contribution in [1.29, 1.82) is 0 Å². The molecular weight excluding hydrogens is 264 g/mol. The lowest BCUT2D eigenvalue weighted by molar-refractivity contribution is 0.0950. The number of pyridine rings is 1. The van der Waals surface area contributed by atoms with E-state index in [2.05, 4.69) is 22.1 Å². The summed E-state index contributed by atoms with van der Waals surface area (Å²) in [5, 5.41) is 11.6. The summed E-state index contributed by atoms with van der Waals surface area (Å²) in [7, 11) is 0. The summed E-state index contributed by atoms with van der Waals surface area (Å²) >= 11 is 0. The van der Waals surface area contributed by atoms with Crippen LogP contribution < -0.4 is 5.32 Å². The normalized spacial score (nSPS) is 9.62. The molecule has 0 aliphatic rings. The molecule has 0 radical (unpaired) electrons. The van der Waals surface area contributed by atoms with Crippen LogP contribution in [0.15, 0.2) is 42.6 Å². The summed E-state index contributed by atoms with van der Waals surface area (Å²) in [6.45, 7) is 2.03. The number of aliphatic hydroxyl groups is 1. The maximum Gasteiger partial charge on any atom is 0.251 e. The first-order valence-electron chi connectivity index (χ1n) is 6.60. The average molecular weight is 280 g/mol. The number of aromatic nitrogens is 1. The van der Waals surface area contributed by atoms with E-state index in [0.717, 1.165) is 16.8 Å². The fourth-order valence-electron chi connectivity index (χ4n) is 1.92. The number of aliphatic hydroxyl groups excluding tert-OH is 1. The van der Waals surface area contributed by atoms with E-state index in [1.54, 1.807) is 18.3 Å². The third-order valence-corrected chi connectivity index (χ3v) is 3.04. The van der Waals surface area contributed by atoms with E-state index in [9.17, 15) is 4.79 Å². The van der Waals surface area contributed by atoms with Crippen LogP contribution in [0.5, 0.6) is 0 Å². The highest BCUT2D eigenvalue weighted by Crippen LogP contribution is 2.13. The lowest BCUT2D eigenvalue weighted by Crippen LogP contribution is -2.24. The number of carbonyl (C=O) groups excluding carboxylic acids is 1. The van der Waals surface area contributed by atoms with E-state index >= 15 is 0 Å². The summed E-state index contributed by atoms with van der Waals surface area (Å²) in [5.74, 6) is 5.27. The first-order chi connectivity index (χ1) is 10.2. The topological polar surface area (TPSA) is 62.2 Å². The standard InChI is InChI=1S/C17H16N2O2/c1-13-14(7-5-11-20)6-4-9-16(13)17(21)19-12-15-8-2-3-10-18-15/h2-4,6,8-10,20H,11-12H2,1H3,(H,19,21). The minimum absolute atomic E-state index is 0.161. The van der Waals surface area contributed by atoms with Gasteiger partial charge in [-0.1, -0.05) is 24.0 Å². The number of hydrogen-bond donors (Lipinski definition) is 2. The third kappa shape index (κ3) is 3.91. The third-order valence-electron chi connectivity index (χ3n) is 3.04. The van der Waals surface area contributed by atoms with Crippen molar-refractivity contribution in [2.45, 2.75) is 13.5 Å². The van der Waals surface area contributed by atoms with Gasteiger partial charge in [0.1, 0.15) is 6.61 Å². The van der Waals surface area contributed by atoms with Gasteiger partial charge in [0.05, 0.1) is 12.2 Å². The van der Waals surface area contributed by atoms with Gasteiger partial charge < -0.3 is 10.4 Å². The van der Waals surface area contributed by atoms with Crippen LogP contribution in [0, 0.1) is 18.8 Å². The summed E-state index contributed by atoms with van der Waals surface area (Å²) in [5.41, 5.74) is 2.93. The smallest absolute Gasteiger partial charge is 0.251 e. The summed E-state index contributed by atoms with van der Waals surface area (Å²) in [6, 6.07) is 10.9. The van der Waals surface area contributed by atoms with Crippen molar-refractivity contribution in [1.82, 2.24) is 10.3 Å². The van der Waals surface area contributed by atoms with Gasteiger partial charge in [-0.2, -0.15) is 0 Å². The Morgan fingerprint density at radius 3 is 2.86 bits per heavy atom. The summed E-state index contributed by atoms with van der Waals surface area (Å²) in [4.78, 5) is 16.4. The van der Waals surface area contributed by atoms with Gasteiger partial charge in [0.25, 0.3) is 5.91 Å². The van der Waals surface area contributed by atoms with Gasteiger partial charge in [-0.15, -0.1) is 0 Å². The van der Waals surface area contributed by atoms with Crippen LogP contribution >= 0.6 is 0 Å². The molecule has 0 saturated carbocycles. The Morgan fingerprint density at radius 1 is 1.29 bits per heavy atom. The highest BCUT2D eigenvalue weighted by atomic mass is 16.2. The Morgan fingerprint density at radius 2 is 2.14 bits per heavy atom. The Balaban J connectivity index is 2.12. The molecule has 0 unspecified atom stereocenters. The van der Waals surface area contributed by atoms with Crippen LogP contribution in [0.2, 0.25) is 0 Å². The summed E-state index contributed by atoms with van der Waals surface area (Å²) < 4.78 is 0. The Labute approximate surface area is 123 Å². The minimum atomic E-state index is -0.199. The maximum absolute atomic E-state index is 12.2. The molecule has 2 N–H and O–H groups in total. The molecule has 0 aliphatic carbocycles. The molecule has 1 heterocycles. The molecule has 0 saturated heterocycles. The Hall–Kier alpha value is -2.64. The zero-order valence-electron chi connectivity index (χ0n) is 11.8. The number of rotatable bonds is 3. The van der Waals surface area contributed by atoms with E-state index < -0.39 is 0 Å². The molecule has 4 heteroatoms. The highest BCUT2D eigenvalue weighted by molar-refractivity contribution is 5.96. The second-order valence-corrected chi connectivity index (χ2v) is 4.44. The van der Waals surface area contributed by atoms with Crippen molar-refractivity contribution in [2.75, 3.05) is 6.61 Å². The van der Waals surface area contributed by atoms with Crippen LogP contribution in [-0.4, -0.2) is 22.6 Å². The van der Waals surface area contributed by atoms with Gasteiger partial charge in [0, 0.05) is 17.3 Å². The lowest BCUT2D eigenvalue weighted by Gasteiger charge is -2.08. The second-order valence-electron chi connectivity index (χ2n) is 4.44. The molecule has 0 spiro atoms. The molecule has 0 fully saturated rings. The van der Waals surface area contributed by atoms with Crippen molar-refractivity contribution in [3.05, 3.63) is 65.0 Å². The number of benzene rings is 1. The predicted octanol–water partition coefficient (Wildman–Crippen LogP) is 1.66. The molecule has 1 aromatic heterocycles. The minimum Gasteiger partial charge on any atom is -0.384 e. The van der Waals surface area contributed by atoms with Crippen molar-refractivity contribution >= 4 is 5.91 Å². The first-order valence-corrected chi connectivity index (χ1v) is 6.60. The Bertz CT molecular complexity index is 685. The predicted molar refractivity (Wildman–Crippen MR) is 80.6 cm³/mol. The van der Waals surface area contributed by atoms with Crippen molar-refractivity contribution < 1.29 is 9.90 Å². The van der Waals surface area contributed by atoms with Crippen LogP contribution in [0.1, 0.15) is 27.2 Å². The number of nitrogens with zero attached hydrogens (tertiary/aromatic N) is 1. The monoisotopic (exact) mass is 280 g/mol. The summed E-state index contributed by atoms with van der Waals surface area (Å²) in [6.07, 6.45) is 1.69. The fourth-order valence-corrected chi connectivity index (χ4v) is 1.92. The number of hydrogen-bond acceptors (Lipinski definition) is 3. The maximum atomic E-state index is 12.2. The average Bonchev–Trinajstić information content (AvgIpc) is 2.52. The largest absolute Gasteiger partial charge is 0.384 e. The number of carbonyl (C=O) groups is 1. The molecule has 2 aromatic rings. The van der Waals surface area contributed by atoms with Gasteiger partial charge in [-0.25, -0.2) is 0 Å². The van der Waals surface area contributed by atoms with Gasteiger partial charge in [-0.3, -0.25) is 9.78 Å². The molecule has 4 nitrogen and oxygen atoms in total. The van der Waals surface area contributed by atoms with Crippen molar-refractivity contribution in [3.63, 3.8) is 0 Å². The molecule has 106 valence electrons. The molecule has 0 atom stereocenters. The van der Waals surface area contributed by atoms with E-state index in [1.165, 1.54) is 0 Å². The van der Waals surface area contributed by atoms with Gasteiger partial charge in [0.2, 0.25) is 0 Å². The van der Waals surface area contributed by atoms with Gasteiger partial charge >= 0.3 is 0 Å². The van der Waals surface area contributed by atoms with Gasteiger partial charge in [-0.05, 0) is 36.8 Å². The second kappa shape index (κ2) is 7.22. The molecule has 0 bridgehead atoms. The molecular formula is C17H16N2O2. The van der Waals surface area contributed by atoms with Crippen LogP contribution in [-0.2, 0) is 6.54 Å². The van der Waals surface area contributed by atoms with Crippen molar-refractivity contribution in [2.24, 2.45) is 0 Å². The molecule has 1 aromatic carbocycles. The van der Waals surface area contributed by atoms with Crippen molar-refractivity contribution in [3.8, 4) is 11.8 Å². The lowest BCUT2D eigenvalue weighted by atomic mass is 10.0. The van der Waals surface area contributed by atoms with E-state index in [1.807, 2.05) is 31.2 Å². The highest BCUT2D eigenvalue weighted by Gasteiger charge is 2.10. The van der Waals surface area contributed by atoms with Crippen LogP contribution in [0.3, 0.4) is 0 Å². The number of amides is 1. The zero-order chi connectivity index (χ0) is 15.1. The van der Waals surface area contributed by atoms with E-state index in [-0.39, 0.29) is 12.5 Å². The molecule has 1 amide bonds. The first kappa shape index (κ1) is 14.8. The SMILES string of the molecule is Cc1c(C#CCO)cccc1C(=O)NCc1ccccn1. The van der Waals surface area contributed by atoms with E-state index in [0.29, 0.717) is 12.1 Å². The molecule has 2 rings (SSSR count). The van der Waals surface area contributed by atoms with E-state index in [4.69, 9.17) is 5.11 Å². The van der Waals surface area contributed by atoms with Crippen LogP contribution in [0.25, 0.3) is 0 Å². The molecule has 21 heavy (non-hydrogen) atoms. The Kier molecular flexibility index (Phi) is 5.08. The van der Waals surface area contributed by atoms with Crippen LogP contribution in [0.4, 0.5) is 0 Å². The zero-order valence-corrected chi connectivity index (χ0v) is 11.8. The molecule has 0 aliphatic heterocycles. The fraction of sp³-hybridized carbons (Fsp3) is 0.176. The number of nitrogens with one attached hydrogen (secondary N) is 1. The quantitative estimate of drug-likeness (QED) is 0.841. The van der Waals surface area contributed by atoms with Gasteiger partial charge in [0.15, 0.2) is 0 Å².